The summed E-state index contributed by atoms with van der Waals surface area (Å²) < 4.78 is 32.6. The van der Waals surface area contributed by atoms with Crippen molar-refractivity contribution in [3.05, 3.63) is 41.5 Å². The molecule has 0 fully saturated rings. The summed E-state index contributed by atoms with van der Waals surface area (Å²) in [7, 11) is -3.94. The number of carbonyl (C=O) groups is 1. The topological polar surface area (TPSA) is 122 Å². The number of rotatable bonds is 6. The zero-order valence-electron chi connectivity index (χ0n) is 12.8. The Balaban J connectivity index is 2.35. The third kappa shape index (κ3) is 3.93. The molecule has 1 atom stereocenters. The molecule has 2 aromatic rings. The van der Waals surface area contributed by atoms with E-state index < -0.39 is 22.0 Å². The molecule has 2 rings (SSSR count). The minimum Gasteiger partial charge on any atom is -0.478 e. The molecule has 0 radical (unpaired) electrons. The van der Waals surface area contributed by atoms with E-state index in [1.54, 1.807) is 20.8 Å². The van der Waals surface area contributed by atoms with Crippen LogP contribution in [0.5, 0.6) is 0 Å². The molecular weight excluding hydrogens is 322 g/mol. The molecule has 0 aliphatic carbocycles. The third-order valence-electron chi connectivity index (χ3n) is 3.15. The van der Waals surface area contributed by atoms with Crippen LogP contribution in [-0.2, 0) is 10.0 Å². The van der Waals surface area contributed by atoms with Crippen molar-refractivity contribution in [1.82, 2.24) is 14.9 Å². The maximum Gasteiger partial charge on any atom is 0.335 e. The Hall–Kier alpha value is -2.26. The van der Waals surface area contributed by atoms with Crippen molar-refractivity contribution in [3.63, 3.8) is 0 Å². The molecule has 8 nitrogen and oxygen atoms in total. The molecular formula is C14H17N3O5S. The highest BCUT2D eigenvalue weighted by Crippen LogP contribution is 2.23. The van der Waals surface area contributed by atoms with Crippen molar-refractivity contribution in [2.75, 3.05) is 0 Å². The number of hydrogen-bond donors (Lipinski definition) is 2. The van der Waals surface area contributed by atoms with Crippen LogP contribution in [0.25, 0.3) is 0 Å². The maximum absolute atomic E-state index is 12.5. The summed E-state index contributed by atoms with van der Waals surface area (Å²) in [5, 5.41) is 12.6. The van der Waals surface area contributed by atoms with E-state index in [9.17, 15) is 13.2 Å². The molecule has 1 heterocycles. The largest absolute Gasteiger partial charge is 0.478 e. The van der Waals surface area contributed by atoms with Gasteiger partial charge in [0, 0.05) is 0 Å². The van der Waals surface area contributed by atoms with Gasteiger partial charge in [-0.1, -0.05) is 25.1 Å². The summed E-state index contributed by atoms with van der Waals surface area (Å²) in [5.41, 5.74) is -0.109. The molecule has 124 valence electrons. The quantitative estimate of drug-likeness (QED) is 0.822. The van der Waals surface area contributed by atoms with Crippen LogP contribution >= 0.6 is 0 Å². The van der Waals surface area contributed by atoms with Gasteiger partial charge in [-0.2, -0.15) is 9.71 Å². The van der Waals surface area contributed by atoms with Crippen LogP contribution in [0.3, 0.4) is 0 Å². The third-order valence-corrected chi connectivity index (χ3v) is 4.59. The summed E-state index contributed by atoms with van der Waals surface area (Å²) in [6.07, 6.45) is 0. The van der Waals surface area contributed by atoms with E-state index in [4.69, 9.17) is 9.63 Å². The first-order chi connectivity index (χ1) is 10.7. The summed E-state index contributed by atoms with van der Waals surface area (Å²) in [5.74, 6) is -0.782. The van der Waals surface area contributed by atoms with Crippen LogP contribution in [0, 0.1) is 12.8 Å². The molecule has 9 heteroatoms. The molecule has 1 unspecified atom stereocenters. The molecule has 1 aromatic heterocycles. The van der Waals surface area contributed by atoms with Gasteiger partial charge < -0.3 is 9.63 Å². The number of nitrogens with zero attached hydrogens (tertiary/aromatic N) is 2. The molecule has 0 bridgehead atoms. The second kappa shape index (κ2) is 6.47. The summed E-state index contributed by atoms with van der Waals surface area (Å²) in [6, 6.07) is 4.41. The van der Waals surface area contributed by atoms with E-state index >= 15 is 0 Å². The molecule has 0 aliphatic heterocycles. The van der Waals surface area contributed by atoms with Gasteiger partial charge in [0.1, 0.15) is 6.04 Å². The molecule has 0 saturated heterocycles. The summed E-state index contributed by atoms with van der Waals surface area (Å²) in [6.45, 7) is 5.25. The molecule has 1 aromatic carbocycles. The number of hydrogen-bond acceptors (Lipinski definition) is 6. The maximum atomic E-state index is 12.5. The lowest BCUT2D eigenvalue weighted by Gasteiger charge is -2.18. The van der Waals surface area contributed by atoms with Gasteiger partial charge in [-0.3, -0.25) is 0 Å². The van der Waals surface area contributed by atoms with Gasteiger partial charge in [0.05, 0.1) is 10.5 Å². The normalized spacial score (nSPS) is 13.2. The van der Waals surface area contributed by atoms with Gasteiger partial charge in [-0.25, -0.2) is 13.2 Å². The van der Waals surface area contributed by atoms with Crippen molar-refractivity contribution in [2.24, 2.45) is 5.92 Å². The molecule has 0 saturated carbocycles. The molecule has 0 spiro atoms. The number of nitrogens with one attached hydrogen (secondary N) is 1. The zero-order chi connectivity index (χ0) is 17.2. The average molecular weight is 339 g/mol. The molecule has 2 N–H and O–H groups in total. The lowest BCUT2D eigenvalue weighted by atomic mass is 10.1. The molecule has 0 aliphatic rings. The van der Waals surface area contributed by atoms with Gasteiger partial charge in [-0.15, -0.1) is 0 Å². The van der Waals surface area contributed by atoms with Crippen molar-refractivity contribution < 1.29 is 22.8 Å². The molecule has 23 heavy (non-hydrogen) atoms. The monoisotopic (exact) mass is 339 g/mol. The highest BCUT2D eigenvalue weighted by atomic mass is 32.2. The highest BCUT2D eigenvalue weighted by molar-refractivity contribution is 7.89. The van der Waals surface area contributed by atoms with E-state index in [1.165, 1.54) is 18.2 Å². The standard InChI is InChI=1S/C14H17N3O5S/c1-8(2)12(13-15-9(3)16-22-13)17-23(20,21)11-6-4-5-10(7-11)14(18)19/h4-8,12,17H,1-3H3,(H,18,19). The Bertz CT molecular complexity index is 813. The Kier molecular flexibility index (Phi) is 4.81. The van der Waals surface area contributed by atoms with Gasteiger partial charge in [-0.05, 0) is 31.0 Å². The lowest BCUT2D eigenvalue weighted by Crippen LogP contribution is -2.32. The minimum atomic E-state index is -3.94. The number of carboxylic acids is 1. The summed E-state index contributed by atoms with van der Waals surface area (Å²) in [4.78, 5) is 14.9. The first-order valence-corrected chi connectivity index (χ1v) is 8.35. The van der Waals surface area contributed by atoms with E-state index in [0.717, 1.165) is 6.07 Å². The smallest absolute Gasteiger partial charge is 0.335 e. The fraction of sp³-hybridized carbons (Fsp3) is 0.357. The van der Waals surface area contributed by atoms with E-state index in [1.807, 2.05) is 0 Å². The van der Waals surface area contributed by atoms with Crippen LogP contribution in [0.2, 0.25) is 0 Å². The summed E-state index contributed by atoms with van der Waals surface area (Å²) >= 11 is 0. The van der Waals surface area contributed by atoms with Gasteiger partial charge in [0.25, 0.3) is 0 Å². The fourth-order valence-electron chi connectivity index (χ4n) is 1.94. The Morgan fingerprint density at radius 2 is 2.04 bits per heavy atom. The van der Waals surface area contributed by atoms with Gasteiger partial charge in [0.2, 0.25) is 15.9 Å². The number of benzene rings is 1. The zero-order valence-corrected chi connectivity index (χ0v) is 13.7. The number of aryl methyl sites for hydroxylation is 1. The first-order valence-electron chi connectivity index (χ1n) is 6.86. The number of carboxylic acid groups (broad SMARTS) is 1. The molecule has 0 amide bonds. The van der Waals surface area contributed by atoms with Crippen LogP contribution in [0.1, 0.15) is 42.0 Å². The number of aromatic nitrogens is 2. The second-order valence-corrected chi connectivity index (χ2v) is 7.07. The predicted octanol–water partition coefficient (Wildman–Crippen LogP) is 1.75. The fourth-order valence-corrected chi connectivity index (χ4v) is 3.33. The van der Waals surface area contributed by atoms with Crippen molar-refractivity contribution in [3.8, 4) is 0 Å². The first kappa shape index (κ1) is 17.1. The van der Waals surface area contributed by atoms with Crippen molar-refractivity contribution >= 4 is 16.0 Å². The van der Waals surface area contributed by atoms with Crippen LogP contribution < -0.4 is 4.72 Å². The van der Waals surface area contributed by atoms with E-state index in [2.05, 4.69) is 14.9 Å². The van der Waals surface area contributed by atoms with Crippen molar-refractivity contribution in [2.45, 2.75) is 31.7 Å². The second-order valence-electron chi connectivity index (χ2n) is 5.36. The predicted molar refractivity (Wildman–Crippen MR) is 80.3 cm³/mol. The van der Waals surface area contributed by atoms with Crippen LogP contribution in [-0.4, -0.2) is 29.6 Å². The van der Waals surface area contributed by atoms with Gasteiger partial charge >= 0.3 is 5.97 Å². The van der Waals surface area contributed by atoms with Crippen LogP contribution in [0.4, 0.5) is 0 Å². The average Bonchev–Trinajstić information content (AvgIpc) is 2.91. The van der Waals surface area contributed by atoms with Gasteiger partial charge in [0.15, 0.2) is 5.82 Å². The van der Waals surface area contributed by atoms with Crippen LogP contribution in [0.15, 0.2) is 33.7 Å². The van der Waals surface area contributed by atoms with E-state index in [-0.39, 0.29) is 22.3 Å². The lowest BCUT2D eigenvalue weighted by molar-refractivity contribution is 0.0696. The Morgan fingerprint density at radius 1 is 1.35 bits per heavy atom. The number of aromatic carboxylic acids is 1. The minimum absolute atomic E-state index is 0.109. The van der Waals surface area contributed by atoms with E-state index in [0.29, 0.717) is 5.82 Å². The van der Waals surface area contributed by atoms with Crippen molar-refractivity contribution in [1.29, 1.82) is 0 Å². The number of sulfonamides is 1. The SMILES string of the molecule is Cc1noc(C(NS(=O)(=O)c2cccc(C(=O)O)c2)C(C)C)n1. The highest BCUT2D eigenvalue weighted by Gasteiger charge is 2.28. The Labute approximate surface area is 133 Å². The Morgan fingerprint density at radius 3 is 2.57 bits per heavy atom.